The van der Waals surface area contributed by atoms with Gasteiger partial charge >= 0.3 is 0 Å². The molecule has 8 nitrogen and oxygen atoms in total. The maximum atomic E-state index is 11.9. The Bertz CT molecular complexity index is 1100. The maximum absolute atomic E-state index is 11.9. The van der Waals surface area contributed by atoms with Crippen LogP contribution in [0.1, 0.15) is 37.3 Å². The minimum absolute atomic E-state index is 0.133. The number of aromatic amines is 1. The summed E-state index contributed by atoms with van der Waals surface area (Å²) in [5.74, 6) is 3.86. The van der Waals surface area contributed by atoms with Gasteiger partial charge in [-0.25, -0.2) is 9.89 Å². The number of anilines is 2. The molecule has 1 aromatic carbocycles. The van der Waals surface area contributed by atoms with Gasteiger partial charge in [-0.3, -0.25) is 19.5 Å². The molecule has 0 spiro atoms. The average Bonchev–Trinajstić information content (AvgIpc) is 3.70. The van der Waals surface area contributed by atoms with Gasteiger partial charge in [-0.1, -0.05) is 0 Å². The number of nitrogens with one attached hydrogen (secondary N) is 4. The number of fused-ring (bicyclic) bond motifs is 1. The first-order valence-corrected chi connectivity index (χ1v) is 11.5. The van der Waals surface area contributed by atoms with Crippen LogP contribution in [-0.2, 0) is 4.79 Å². The third kappa shape index (κ3) is 4.11. The van der Waals surface area contributed by atoms with Gasteiger partial charge in [0.1, 0.15) is 12.7 Å². The molecule has 1 amide bonds. The quantitative estimate of drug-likeness (QED) is 0.503. The van der Waals surface area contributed by atoms with Crippen LogP contribution in [0.3, 0.4) is 0 Å². The van der Waals surface area contributed by atoms with Crippen molar-refractivity contribution < 1.29 is 9.69 Å². The first kappa shape index (κ1) is 18.7. The van der Waals surface area contributed by atoms with Gasteiger partial charge in [0.2, 0.25) is 17.6 Å². The second kappa shape index (κ2) is 7.58. The molecule has 2 saturated carbocycles. The Balaban J connectivity index is 1.15. The molecule has 3 heterocycles. The second-order valence-electron chi connectivity index (χ2n) is 8.41. The normalized spacial score (nSPS) is 22.1. The van der Waals surface area contributed by atoms with E-state index in [2.05, 4.69) is 42.4 Å². The molecule has 4 N–H and O–H groups in total. The minimum atomic E-state index is 0.133. The van der Waals surface area contributed by atoms with Gasteiger partial charge in [-0.2, -0.15) is 5.10 Å². The lowest BCUT2D eigenvalue weighted by molar-refractivity contribution is -0.699. The number of nitrogens with zero attached hydrogens (tertiary/aromatic N) is 3. The number of amidine groups is 1. The van der Waals surface area contributed by atoms with E-state index in [0.29, 0.717) is 5.92 Å². The van der Waals surface area contributed by atoms with Crippen molar-refractivity contribution in [2.45, 2.75) is 36.5 Å². The van der Waals surface area contributed by atoms with E-state index in [1.807, 2.05) is 36.7 Å². The van der Waals surface area contributed by atoms with Crippen LogP contribution >= 0.6 is 11.9 Å². The fourth-order valence-electron chi connectivity index (χ4n) is 3.77. The largest absolute Gasteiger partial charge is 0.326 e. The molecular formula is C22H24N7OS+. The summed E-state index contributed by atoms with van der Waals surface area (Å²) in [6.07, 6.45) is 10.5. The molecule has 1 unspecified atom stereocenters. The van der Waals surface area contributed by atoms with E-state index in [1.54, 1.807) is 11.9 Å². The van der Waals surface area contributed by atoms with Crippen LogP contribution in [0.15, 0.2) is 64.6 Å². The molecule has 0 saturated heterocycles. The lowest BCUT2D eigenvalue weighted by atomic mass is 10.3. The Morgan fingerprint density at radius 2 is 2.03 bits per heavy atom. The van der Waals surface area contributed by atoms with Crippen molar-refractivity contribution in [1.29, 1.82) is 0 Å². The number of aliphatic imine (C=N–C) groups is 1. The van der Waals surface area contributed by atoms with Gasteiger partial charge in [0.15, 0.2) is 5.82 Å². The summed E-state index contributed by atoms with van der Waals surface area (Å²) in [5.41, 5.74) is 2.06. The Morgan fingerprint density at radius 3 is 2.81 bits per heavy atom. The highest BCUT2D eigenvalue weighted by atomic mass is 32.2. The molecule has 2 aromatic rings. The SMILES string of the molecule is O=C(Nc1ccc(SN2C=C(Nc3cc(C4CC4)[nH]n3)[NH+]3C=CN=C3C2)cc1)C1CC1. The summed E-state index contributed by atoms with van der Waals surface area (Å²) in [7, 11) is 0. The Kier molecular flexibility index (Phi) is 4.57. The first-order valence-electron chi connectivity index (χ1n) is 10.7. The lowest BCUT2D eigenvalue weighted by Gasteiger charge is -2.27. The van der Waals surface area contributed by atoms with E-state index in [-0.39, 0.29) is 11.8 Å². The van der Waals surface area contributed by atoms with Crippen molar-refractivity contribution in [3.8, 4) is 0 Å². The number of amides is 1. The zero-order valence-electron chi connectivity index (χ0n) is 17.0. The molecule has 158 valence electrons. The monoisotopic (exact) mass is 434 g/mol. The predicted octanol–water partition coefficient (Wildman–Crippen LogP) is 2.64. The van der Waals surface area contributed by atoms with Crippen LogP contribution in [0.2, 0.25) is 0 Å². The van der Waals surface area contributed by atoms with Crippen molar-refractivity contribution in [3.05, 3.63) is 60.4 Å². The van der Waals surface area contributed by atoms with Crippen molar-refractivity contribution in [1.82, 2.24) is 14.5 Å². The highest BCUT2D eigenvalue weighted by molar-refractivity contribution is 7.97. The molecule has 4 aliphatic rings. The van der Waals surface area contributed by atoms with Crippen molar-refractivity contribution in [2.24, 2.45) is 10.9 Å². The smallest absolute Gasteiger partial charge is 0.233 e. The number of hydrogen-bond donors (Lipinski definition) is 4. The summed E-state index contributed by atoms with van der Waals surface area (Å²) in [5, 5.41) is 14.0. The fraction of sp³-hybridized carbons (Fsp3) is 0.318. The third-order valence-electron chi connectivity index (χ3n) is 5.82. The van der Waals surface area contributed by atoms with E-state index in [4.69, 9.17) is 0 Å². The number of carbonyl (C=O) groups excluding carboxylic acids is 1. The van der Waals surface area contributed by atoms with Crippen molar-refractivity contribution in [3.63, 3.8) is 0 Å². The van der Waals surface area contributed by atoms with Crippen LogP contribution in [0.25, 0.3) is 0 Å². The van der Waals surface area contributed by atoms with Gasteiger partial charge < -0.3 is 5.32 Å². The summed E-state index contributed by atoms with van der Waals surface area (Å²) in [6, 6.07) is 10.1. The molecule has 2 fully saturated rings. The van der Waals surface area contributed by atoms with Crippen LogP contribution in [-0.4, -0.2) is 32.8 Å². The van der Waals surface area contributed by atoms with Gasteiger partial charge in [0, 0.05) is 34.2 Å². The zero-order valence-corrected chi connectivity index (χ0v) is 17.8. The maximum Gasteiger partial charge on any atom is 0.233 e. The summed E-state index contributed by atoms with van der Waals surface area (Å²) < 4.78 is 2.17. The molecule has 6 rings (SSSR count). The van der Waals surface area contributed by atoms with E-state index in [9.17, 15) is 4.79 Å². The fourth-order valence-corrected chi connectivity index (χ4v) is 4.64. The predicted molar refractivity (Wildman–Crippen MR) is 120 cm³/mol. The van der Waals surface area contributed by atoms with Gasteiger partial charge in [0.25, 0.3) is 0 Å². The number of aromatic nitrogens is 2. The molecule has 0 bridgehead atoms. The first-order chi connectivity index (χ1) is 15.2. The Labute approximate surface area is 184 Å². The second-order valence-corrected chi connectivity index (χ2v) is 9.53. The number of carbonyl (C=O) groups is 1. The molecule has 1 atom stereocenters. The highest BCUT2D eigenvalue weighted by Gasteiger charge is 2.33. The number of hydrogen-bond acceptors (Lipinski definition) is 6. The van der Waals surface area contributed by atoms with Gasteiger partial charge in [-0.15, -0.1) is 0 Å². The summed E-state index contributed by atoms with van der Waals surface area (Å²) in [4.78, 5) is 18.7. The molecule has 0 radical (unpaired) electrons. The lowest BCUT2D eigenvalue weighted by Crippen LogP contribution is -3.10. The molecule has 2 aliphatic heterocycles. The Morgan fingerprint density at radius 1 is 1.19 bits per heavy atom. The molecule has 1 aromatic heterocycles. The number of benzene rings is 1. The number of H-pyrrole nitrogens is 1. The zero-order chi connectivity index (χ0) is 20.8. The summed E-state index contributed by atoms with van der Waals surface area (Å²) >= 11 is 1.65. The standard InChI is InChI=1S/C22H23N7OS/c30-22(15-3-4-15)24-16-5-7-17(8-6-16)31-28-12-20-23-9-10-29(20)21(13-28)25-19-11-18(26-27-19)14-1-2-14/h5-11,13-15H,1-4,12H2,(H,24,30)(H2,25,26,27)/p+1. The van der Waals surface area contributed by atoms with E-state index >= 15 is 0 Å². The topological polar surface area (TPSA) is 89.9 Å². The van der Waals surface area contributed by atoms with Crippen molar-refractivity contribution >= 4 is 35.2 Å². The van der Waals surface area contributed by atoms with Crippen LogP contribution < -0.4 is 15.5 Å². The van der Waals surface area contributed by atoms with E-state index < -0.39 is 0 Å². The van der Waals surface area contributed by atoms with Crippen LogP contribution in [0, 0.1) is 5.92 Å². The third-order valence-corrected chi connectivity index (χ3v) is 6.77. The molecular weight excluding hydrogens is 410 g/mol. The van der Waals surface area contributed by atoms with Gasteiger partial charge in [-0.05, 0) is 61.9 Å². The Hall–Kier alpha value is -3.04. The number of quaternary nitrogens is 1. The molecule has 9 heteroatoms. The van der Waals surface area contributed by atoms with E-state index in [0.717, 1.165) is 52.3 Å². The van der Waals surface area contributed by atoms with Crippen molar-refractivity contribution in [2.75, 3.05) is 17.2 Å². The van der Waals surface area contributed by atoms with E-state index in [1.165, 1.54) is 18.5 Å². The van der Waals surface area contributed by atoms with Crippen LogP contribution in [0.4, 0.5) is 11.5 Å². The minimum Gasteiger partial charge on any atom is -0.326 e. The molecule has 31 heavy (non-hydrogen) atoms. The summed E-state index contributed by atoms with van der Waals surface area (Å²) in [6.45, 7) is 0.728. The van der Waals surface area contributed by atoms with Crippen LogP contribution in [0.5, 0.6) is 0 Å². The number of rotatable bonds is 7. The highest BCUT2D eigenvalue weighted by Crippen LogP contribution is 2.39. The van der Waals surface area contributed by atoms with Gasteiger partial charge in [0.05, 0.1) is 12.4 Å². The molecule has 2 aliphatic carbocycles. The average molecular weight is 435 g/mol.